The van der Waals surface area contributed by atoms with Crippen LogP contribution in [-0.2, 0) is 16.8 Å². The van der Waals surface area contributed by atoms with Gasteiger partial charge in [-0.25, -0.2) is 4.98 Å². The van der Waals surface area contributed by atoms with E-state index in [9.17, 15) is 9.59 Å². The van der Waals surface area contributed by atoms with Crippen molar-refractivity contribution < 1.29 is 4.79 Å². The molecule has 0 N–H and O–H groups in total. The fourth-order valence-electron chi connectivity index (χ4n) is 2.88. The van der Waals surface area contributed by atoms with E-state index in [-0.39, 0.29) is 22.8 Å². The van der Waals surface area contributed by atoms with E-state index in [0.29, 0.717) is 12.3 Å². The third-order valence-electron chi connectivity index (χ3n) is 4.21. The minimum absolute atomic E-state index is 0.0486. The van der Waals surface area contributed by atoms with Gasteiger partial charge in [0.15, 0.2) is 5.16 Å². The average molecular weight is 352 g/mol. The molecule has 0 bridgehead atoms. The summed E-state index contributed by atoms with van der Waals surface area (Å²) in [6.45, 7) is 12.4. The predicted octanol–water partition coefficient (Wildman–Crippen LogP) is 2.91. The van der Waals surface area contributed by atoms with Gasteiger partial charge in [0.2, 0.25) is 5.91 Å². The van der Waals surface area contributed by atoms with Gasteiger partial charge in [0.05, 0.1) is 11.6 Å². The lowest BCUT2D eigenvalue weighted by molar-refractivity contribution is -0.135. The van der Waals surface area contributed by atoms with Crippen molar-refractivity contribution >= 4 is 17.7 Å². The van der Waals surface area contributed by atoms with Crippen LogP contribution >= 0.6 is 11.8 Å². The van der Waals surface area contributed by atoms with Crippen LogP contribution in [0.2, 0.25) is 0 Å². The molecule has 6 heteroatoms. The summed E-state index contributed by atoms with van der Waals surface area (Å²) in [5.74, 6) is 0.729. The molecular formula is C18H29N3O2S. The number of carbonyl (C=O) groups is 1. The topological polar surface area (TPSA) is 55.2 Å². The molecule has 0 saturated heterocycles. The first-order chi connectivity index (χ1) is 11.3. The highest BCUT2D eigenvalue weighted by molar-refractivity contribution is 7.99. The second-order valence-corrected chi connectivity index (χ2v) is 8.44. The minimum atomic E-state index is -0.152. The van der Waals surface area contributed by atoms with Crippen molar-refractivity contribution in [2.75, 3.05) is 18.8 Å². The van der Waals surface area contributed by atoms with Gasteiger partial charge in [-0.1, -0.05) is 46.4 Å². The molecule has 1 amide bonds. The zero-order chi connectivity index (χ0) is 17.9. The lowest BCUT2D eigenvalue weighted by atomic mass is 9.92. The molecule has 2 rings (SSSR count). The minimum Gasteiger partial charge on any atom is -0.342 e. The van der Waals surface area contributed by atoms with Crippen molar-refractivity contribution in [1.82, 2.24) is 14.5 Å². The van der Waals surface area contributed by atoms with Gasteiger partial charge in [0.25, 0.3) is 5.56 Å². The van der Waals surface area contributed by atoms with E-state index < -0.39 is 0 Å². The summed E-state index contributed by atoms with van der Waals surface area (Å²) in [4.78, 5) is 31.9. The van der Waals surface area contributed by atoms with Crippen LogP contribution in [0.5, 0.6) is 0 Å². The van der Waals surface area contributed by atoms with Gasteiger partial charge in [-0.2, -0.15) is 0 Å². The molecule has 0 aromatic carbocycles. The molecular weight excluding hydrogens is 322 g/mol. The quantitative estimate of drug-likeness (QED) is 0.766. The van der Waals surface area contributed by atoms with Gasteiger partial charge in [-0.05, 0) is 12.8 Å². The second-order valence-electron chi connectivity index (χ2n) is 7.46. The number of aromatic nitrogens is 2. The Labute approximate surface area is 148 Å². The van der Waals surface area contributed by atoms with Crippen molar-refractivity contribution in [2.45, 2.75) is 64.6 Å². The highest BCUT2D eigenvalue weighted by atomic mass is 32.2. The summed E-state index contributed by atoms with van der Waals surface area (Å²) in [6, 6.07) is 1.62. The molecule has 134 valence electrons. The van der Waals surface area contributed by atoms with Crippen LogP contribution in [0.25, 0.3) is 0 Å². The Morgan fingerprint density at radius 3 is 2.50 bits per heavy atom. The third-order valence-corrected chi connectivity index (χ3v) is 5.35. The Morgan fingerprint density at radius 2 is 1.96 bits per heavy atom. The van der Waals surface area contributed by atoms with Crippen LogP contribution in [0.3, 0.4) is 0 Å². The van der Waals surface area contributed by atoms with E-state index in [1.54, 1.807) is 10.6 Å². The molecule has 0 saturated carbocycles. The van der Waals surface area contributed by atoms with E-state index in [1.807, 2.05) is 4.90 Å². The zero-order valence-electron chi connectivity index (χ0n) is 15.5. The Morgan fingerprint density at radius 1 is 1.33 bits per heavy atom. The molecule has 1 aromatic heterocycles. The van der Waals surface area contributed by atoms with E-state index >= 15 is 0 Å². The monoisotopic (exact) mass is 351 g/mol. The fourth-order valence-corrected chi connectivity index (χ4v) is 3.96. The number of thioether (sulfide) groups is 1. The van der Waals surface area contributed by atoms with Gasteiger partial charge in [-0.3, -0.25) is 14.2 Å². The standard InChI is InChI=1S/C18H29N3O2S/c1-6-8-20(9-7-2)16(23)13-11-21-15(22)10-14(18(3,4)5)19-17(21)24-12-13/h10,13H,6-9,11-12H2,1-5H3. The number of carbonyl (C=O) groups excluding carboxylic acids is 1. The molecule has 1 aliphatic heterocycles. The summed E-state index contributed by atoms with van der Waals surface area (Å²) in [6.07, 6.45) is 1.91. The lowest BCUT2D eigenvalue weighted by Gasteiger charge is -2.30. The molecule has 1 atom stereocenters. The molecule has 0 fully saturated rings. The van der Waals surface area contributed by atoms with Gasteiger partial charge in [0, 0.05) is 36.9 Å². The van der Waals surface area contributed by atoms with Gasteiger partial charge >= 0.3 is 0 Å². The van der Waals surface area contributed by atoms with Crippen LogP contribution in [-0.4, -0.2) is 39.2 Å². The second kappa shape index (κ2) is 7.72. The van der Waals surface area contributed by atoms with E-state index in [2.05, 4.69) is 39.6 Å². The Hall–Kier alpha value is -1.30. The number of nitrogens with zero attached hydrogens (tertiary/aromatic N) is 3. The first-order valence-electron chi connectivity index (χ1n) is 8.81. The highest BCUT2D eigenvalue weighted by Crippen LogP contribution is 2.28. The Balaban J connectivity index is 2.23. The largest absolute Gasteiger partial charge is 0.342 e. The van der Waals surface area contributed by atoms with Crippen LogP contribution < -0.4 is 5.56 Å². The lowest BCUT2D eigenvalue weighted by Crippen LogP contribution is -2.43. The van der Waals surface area contributed by atoms with Gasteiger partial charge < -0.3 is 4.90 Å². The number of hydrogen-bond donors (Lipinski definition) is 0. The van der Waals surface area contributed by atoms with Crippen LogP contribution in [0.1, 0.15) is 53.2 Å². The molecule has 0 spiro atoms. The van der Waals surface area contributed by atoms with E-state index in [0.717, 1.165) is 36.8 Å². The maximum Gasteiger partial charge on any atom is 0.254 e. The zero-order valence-corrected chi connectivity index (χ0v) is 16.3. The summed E-state index contributed by atoms with van der Waals surface area (Å²) >= 11 is 1.53. The smallest absolute Gasteiger partial charge is 0.254 e. The van der Waals surface area contributed by atoms with Crippen LogP contribution in [0, 0.1) is 5.92 Å². The van der Waals surface area contributed by atoms with E-state index in [1.165, 1.54) is 11.8 Å². The molecule has 5 nitrogen and oxygen atoms in total. The number of amides is 1. The SMILES string of the molecule is CCCN(CCC)C(=O)C1CSc2nc(C(C)(C)C)cc(=O)n2C1. The highest BCUT2D eigenvalue weighted by Gasteiger charge is 2.30. The molecule has 24 heavy (non-hydrogen) atoms. The molecule has 0 aliphatic carbocycles. The number of fused-ring (bicyclic) bond motifs is 1. The number of hydrogen-bond acceptors (Lipinski definition) is 4. The van der Waals surface area contributed by atoms with Crippen molar-refractivity contribution in [1.29, 1.82) is 0 Å². The predicted molar refractivity (Wildman–Crippen MR) is 98.6 cm³/mol. The third kappa shape index (κ3) is 4.21. The fraction of sp³-hybridized carbons (Fsp3) is 0.722. The van der Waals surface area contributed by atoms with Crippen molar-refractivity contribution in [3.63, 3.8) is 0 Å². The molecule has 1 aromatic rings. The first kappa shape index (κ1) is 19.0. The molecule has 1 unspecified atom stereocenters. The molecule has 1 aliphatic rings. The normalized spacial score (nSPS) is 17.5. The summed E-state index contributed by atoms with van der Waals surface area (Å²) < 4.78 is 1.67. The van der Waals surface area contributed by atoms with Crippen molar-refractivity contribution in [3.8, 4) is 0 Å². The summed E-state index contributed by atoms with van der Waals surface area (Å²) in [5, 5.41) is 0.744. The Bertz CT molecular complexity index is 643. The van der Waals surface area contributed by atoms with Gasteiger partial charge in [0.1, 0.15) is 0 Å². The summed E-state index contributed by atoms with van der Waals surface area (Å²) in [7, 11) is 0. The average Bonchev–Trinajstić information content (AvgIpc) is 2.53. The van der Waals surface area contributed by atoms with Crippen molar-refractivity contribution in [3.05, 3.63) is 22.1 Å². The maximum absolute atomic E-state index is 12.8. The van der Waals surface area contributed by atoms with Crippen LogP contribution in [0.15, 0.2) is 16.0 Å². The Kier molecular flexibility index (Phi) is 6.12. The molecule has 2 heterocycles. The number of rotatable bonds is 5. The van der Waals surface area contributed by atoms with Crippen LogP contribution in [0.4, 0.5) is 0 Å². The van der Waals surface area contributed by atoms with Crippen molar-refractivity contribution in [2.24, 2.45) is 5.92 Å². The summed E-state index contributed by atoms with van der Waals surface area (Å²) in [5.41, 5.74) is 0.614. The van der Waals surface area contributed by atoms with Gasteiger partial charge in [-0.15, -0.1) is 0 Å². The first-order valence-corrected chi connectivity index (χ1v) is 9.80. The van der Waals surface area contributed by atoms with E-state index in [4.69, 9.17) is 0 Å². The molecule has 0 radical (unpaired) electrons. The maximum atomic E-state index is 12.8.